The molecular weight excluding hydrogens is 640 g/mol. The summed E-state index contributed by atoms with van der Waals surface area (Å²) in [5.41, 5.74) is -0.605. The zero-order valence-electron chi connectivity index (χ0n) is 26.3. The number of methoxy groups -OCH3 is 2. The Kier molecular flexibility index (Phi) is 10.5. The molecule has 10 nitrogen and oxygen atoms in total. The minimum Gasteiger partial charge on any atom is -0.462 e. The molecule has 44 heavy (non-hydrogen) atoms. The molecule has 0 spiro atoms. The number of amides is 1. The molecule has 244 valence electrons. The van der Waals surface area contributed by atoms with Crippen molar-refractivity contribution < 1.29 is 32.5 Å². The summed E-state index contributed by atoms with van der Waals surface area (Å²) in [6.45, 7) is 8.77. The van der Waals surface area contributed by atoms with Crippen molar-refractivity contribution in [2.75, 3.05) is 51.9 Å². The molecule has 1 aromatic carbocycles. The molecule has 2 bridgehead atoms. The molecule has 1 aromatic heterocycles. The van der Waals surface area contributed by atoms with E-state index in [2.05, 4.69) is 25.8 Å². The Labute approximate surface area is 266 Å². The quantitative estimate of drug-likeness (QED) is 0.163. The smallest absolute Gasteiger partial charge is 0.410 e. The molecule has 4 heterocycles. The van der Waals surface area contributed by atoms with Gasteiger partial charge in [0, 0.05) is 38.7 Å². The standard InChI is InChI=1S/C31H44BrF2N5O5/c1-31(2,3)44-30(40)39-19-11-12-20(39)17-38(16-19)28-22-15-23(33)25(32)26(34)27(22)35-29(36-28)43-18-21-9-8-14-37(21)13-7-6-10-24(41-4)42-5/h15,19-21,24H,6-14,16-18H2,1-5H3/t19?,20?,21-/m0/s1. The van der Waals surface area contributed by atoms with Gasteiger partial charge in [-0.15, -0.1) is 0 Å². The molecule has 0 saturated carbocycles. The van der Waals surface area contributed by atoms with E-state index in [-0.39, 0.29) is 51.9 Å². The number of piperazine rings is 1. The number of rotatable bonds is 11. The van der Waals surface area contributed by atoms with Gasteiger partial charge in [0.2, 0.25) is 0 Å². The summed E-state index contributed by atoms with van der Waals surface area (Å²) in [4.78, 5) is 28.4. The number of unbranched alkanes of at least 4 members (excludes halogenated alkanes) is 1. The van der Waals surface area contributed by atoms with Gasteiger partial charge in [-0.1, -0.05) is 0 Å². The van der Waals surface area contributed by atoms with Crippen LogP contribution < -0.4 is 9.64 Å². The number of benzene rings is 1. The Bertz CT molecular complexity index is 1310. The number of hydrogen-bond acceptors (Lipinski definition) is 9. The minimum atomic E-state index is -0.795. The van der Waals surface area contributed by atoms with Crippen molar-refractivity contribution in [3.8, 4) is 6.01 Å². The number of hydrogen-bond donors (Lipinski definition) is 0. The van der Waals surface area contributed by atoms with E-state index in [1.54, 1.807) is 14.2 Å². The predicted molar refractivity (Wildman–Crippen MR) is 166 cm³/mol. The van der Waals surface area contributed by atoms with Crippen LogP contribution in [0.15, 0.2) is 10.5 Å². The molecule has 2 aromatic rings. The lowest BCUT2D eigenvalue weighted by molar-refractivity contribution is -0.107. The van der Waals surface area contributed by atoms with Crippen LogP contribution in [0.1, 0.15) is 65.7 Å². The van der Waals surface area contributed by atoms with Crippen LogP contribution in [0.5, 0.6) is 6.01 Å². The molecule has 2 unspecified atom stereocenters. The highest BCUT2D eigenvalue weighted by molar-refractivity contribution is 9.10. The lowest BCUT2D eigenvalue weighted by Gasteiger charge is -2.42. The van der Waals surface area contributed by atoms with E-state index in [4.69, 9.17) is 23.9 Å². The predicted octanol–water partition coefficient (Wildman–Crippen LogP) is 5.89. The van der Waals surface area contributed by atoms with Crippen LogP contribution in [-0.2, 0) is 14.2 Å². The summed E-state index contributed by atoms with van der Waals surface area (Å²) in [6, 6.07) is 1.31. The van der Waals surface area contributed by atoms with Crippen molar-refractivity contribution in [3.63, 3.8) is 0 Å². The molecule has 3 saturated heterocycles. The van der Waals surface area contributed by atoms with E-state index >= 15 is 4.39 Å². The second-order valence-corrected chi connectivity index (χ2v) is 13.7. The molecule has 3 aliphatic heterocycles. The number of anilines is 1. The number of carbonyl (C=O) groups excluding carboxylic acids is 1. The number of likely N-dealkylation sites (tertiary alicyclic amines) is 1. The summed E-state index contributed by atoms with van der Waals surface area (Å²) in [6.07, 6.45) is 6.01. The van der Waals surface area contributed by atoms with Crippen molar-refractivity contribution in [2.45, 2.75) is 95.7 Å². The summed E-state index contributed by atoms with van der Waals surface area (Å²) < 4.78 is 52.3. The summed E-state index contributed by atoms with van der Waals surface area (Å²) >= 11 is 3.03. The first-order valence-corrected chi connectivity index (χ1v) is 16.3. The van der Waals surface area contributed by atoms with E-state index in [9.17, 15) is 9.18 Å². The van der Waals surface area contributed by atoms with Crippen molar-refractivity contribution in [2.24, 2.45) is 0 Å². The average molecular weight is 685 g/mol. The van der Waals surface area contributed by atoms with Crippen molar-refractivity contribution in [1.82, 2.24) is 19.8 Å². The molecule has 0 radical (unpaired) electrons. The third-order valence-electron chi connectivity index (χ3n) is 8.74. The summed E-state index contributed by atoms with van der Waals surface area (Å²) in [5.74, 6) is -1.12. The van der Waals surface area contributed by atoms with Crippen molar-refractivity contribution >= 4 is 38.7 Å². The van der Waals surface area contributed by atoms with Crippen LogP contribution in [0, 0.1) is 11.6 Å². The van der Waals surface area contributed by atoms with Gasteiger partial charge in [-0.2, -0.15) is 9.97 Å². The van der Waals surface area contributed by atoms with Crippen LogP contribution in [0.4, 0.5) is 19.4 Å². The number of ether oxygens (including phenoxy) is 4. The van der Waals surface area contributed by atoms with Crippen LogP contribution in [0.2, 0.25) is 0 Å². The maximum atomic E-state index is 15.4. The second-order valence-electron chi connectivity index (χ2n) is 12.9. The Hall–Kier alpha value is -2.35. The number of nitrogens with zero attached hydrogens (tertiary/aromatic N) is 5. The van der Waals surface area contributed by atoms with Gasteiger partial charge in [-0.05, 0) is 101 Å². The maximum absolute atomic E-state index is 15.4. The highest BCUT2D eigenvalue weighted by Gasteiger charge is 2.45. The second kappa shape index (κ2) is 14.0. The summed E-state index contributed by atoms with van der Waals surface area (Å²) in [7, 11) is 3.30. The monoisotopic (exact) mass is 683 g/mol. The van der Waals surface area contributed by atoms with Gasteiger partial charge in [-0.3, -0.25) is 9.80 Å². The Morgan fingerprint density at radius 3 is 2.45 bits per heavy atom. The van der Waals surface area contributed by atoms with E-state index in [1.165, 1.54) is 6.07 Å². The third-order valence-corrected chi connectivity index (χ3v) is 9.46. The number of fused-ring (bicyclic) bond motifs is 3. The zero-order valence-corrected chi connectivity index (χ0v) is 27.9. The van der Waals surface area contributed by atoms with Gasteiger partial charge >= 0.3 is 12.1 Å². The molecule has 5 rings (SSSR count). The molecular formula is C31H44BrF2N5O5. The average Bonchev–Trinajstić information content (AvgIpc) is 3.54. The number of halogens is 3. The lowest BCUT2D eigenvalue weighted by Crippen LogP contribution is -2.57. The molecule has 3 aliphatic rings. The molecule has 1 amide bonds. The summed E-state index contributed by atoms with van der Waals surface area (Å²) in [5, 5.41) is 0.272. The van der Waals surface area contributed by atoms with Crippen molar-refractivity contribution in [1.29, 1.82) is 0 Å². The minimum absolute atomic E-state index is 0.00527. The highest BCUT2D eigenvalue weighted by Crippen LogP contribution is 2.38. The first kappa shape index (κ1) is 33.0. The van der Waals surface area contributed by atoms with E-state index in [1.807, 2.05) is 30.6 Å². The molecule has 3 fully saturated rings. The van der Waals surface area contributed by atoms with E-state index in [0.717, 1.165) is 58.0 Å². The van der Waals surface area contributed by atoms with Gasteiger partial charge in [0.1, 0.15) is 29.4 Å². The molecule has 3 atom stereocenters. The van der Waals surface area contributed by atoms with Crippen LogP contribution in [0.3, 0.4) is 0 Å². The molecule has 0 N–H and O–H groups in total. The van der Waals surface area contributed by atoms with E-state index in [0.29, 0.717) is 25.5 Å². The van der Waals surface area contributed by atoms with Gasteiger partial charge in [0.15, 0.2) is 12.1 Å². The molecule has 0 aliphatic carbocycles. The fourth-order valence-corrected chi connectivity index (χ4v) is 6.94. The van der Waals surface area contributed by atoms with Gasteiger partial charge < -0.3 is 23.8 Å². The van der Waals surface area contributed by atoms with Gasteiger partial charge in [-0.25, -0.2) is 13.6 Å². The SMILES string of the molecule is COC(CCCCN1CCC[C@H]1COc1nc(N2CC3CCC(C2)N3C(=O)OC(C)(C)C)c2cc(F)c(Br)c(F)c2n1)OC. The zero-order chi connectivity index (χ0) is 31.6. The topological polar surface area (TPSA) is 89.5 Å². The van der Waals surface area contributed by atoms with Crippen LogP contribution in [0.25, 0.3) is 10.9 Å². The lowest BCUT2D eigenvalue weighted by atomic mass is 10.1. The Balaban J connectivity index is 1.32. The fourth-order valence-electron chi connectivity index (χ4n) is 6.64. The Morgan fingerprint density at radius 2 is 1.80 bits per heavy atom. The Morgan fingerprint density at radius 1 is 1.09 bits per heavy atom. The number of aromatic nitrogens is 2. The van der Waals surface area contributed by atoms with Gasteiger partial charge in [0.25, 0.3) is 0 Å². The molecule has 13 heteroatoms. The first-order valence-electron chi connectivity index (χ1n) is 15.5. The third kappa shape index (κ3) is 7.37. The van der Waals surface area contributed by atoms with E-state index < -0.39 is 17.2 Å². The van der Waals surface area contributed by atoms with Crippen molar-refractivity contribution in [3.05, 3.63) is 22.2 Å². The maximum Gasteiger partial charge on any atom is 0.410 e. The first-order chi connectivity index (χ1) is 21.0. The highest BCUT2D eigenvalue weighted by atomic mass is 79.9. The van der Waals surface area contributed by atoms with Crippen LogP contribution in [-0.4, -0.2) is 103 Å². The number of carbonyl (C=O) groups is 1. The fraction of sp³-hybridized carbons (Fsp3) is 0.710. The van der Waals surface area contributed by atoms with Gasteiger partial charge in [0.05, 0.1) is 16.6 Å². The normalized spacial score (nSPS) is 22.4. The van der Waals surface area contributed by atoms with Crippen LogP contribution >= 0.6 is 15.9 Å². The largest absolute Gasteiger partial charge is 0.462 e.